The first kappa shape index (κ1) is 8.49. The highest BCUT2D eigenvalue weighted by atomic mass is 31.1. The van der Waals surface area contributed by atoms with E-state index in [0.717, 1.165) is 14.8 Å². The maximum atomic E-state index is 2.67. The van der Waals surface area contributed by atoms with Gasteiger partial charge in [-0.1, -0.05) is 22.6 Å². The number of hydrogen-bond acceptors (Lipinski definition) is 1. The van der Waals surface area contributed by atoms with E-state index in [2.05, 4.69) is 18.5 Å². The summed E-state index contributed by atoms with van der Waals surface area (Å²) in [7, 11) is 1.09. The second-order valence-electron chi connectivity index (χ2n) is 2.91. The molecular weight excluding hydrogens is 141 g/mol. The van der Waals surface area contributed by atoms with Crippen LogP contribution in [0.2, 0.25) is 0 Å². The quantitative estimate of drug-likeness (QED) is 0.572. The van der Waals surface area contributed by atoms with Crippen molar-refractivity contribution < 1.29 is 0 Å². The second-order valence-corrected chi connectivity index (χ2v) is 4.51. The highest BCUT2D eigenvalue weighted by molar-refractivity contribution is 7.35. The van der Waals surface area contributed by atoms with Gasteiger partial charge in [-0.15, -0.1) is 0 Å². The lowest BCUT2D eigenvalue weighted by atomic mass is 10.2. The predicted molar refractivity (Wildman–Crippen MR) is 48.9 cm³/mol. The molecule has 1 rings (SSSR count). The Morgan fingerprint density at radius 2 is 2.30 bits per heavy atom. The fourth-order valence-electron chi connectivity index (χ4n) is 1.67. The van der Waals surface area contributed by atoms with Crippen LogP contribution >= 0.6 is 8.73 Å². The first-order valence-corrected chi connectivity index (χ1v) is 5.54. The average molecular weight is 159 g/mol. The summed E-state index contributed by atoms with van der Waals surface area (Å²) in [6.07, 6.45) is 5.58. The van der Waals surface area contributed by atoms with Crippen molar-refractivity contribution >= 4 is 8.73 Å². The Morgan fingerprint density at radius 1 is 1.50 bits per heavy atom. The minimum Gasteiger partial charge on any atom is -0.282 e. The van der Waals surface area contributed by atoms with Crippen LogP contribution in [0, 0.1) is 0 Å². The second kappa shape index (κ2) is 4.31. The molecule has 60 valence electrons. The van der Waals surface area contributed by atoms with Crippen LogP contribution in [0.3, 0.4) is 0 Å². The summed E-state index contributed by atoms with van der Waals surface area (Å²) in [5.74, 6) is 0. The summed E-state index contributed by atoms with van der Waals surface area (Å²) >= 11 is 0. The van der Waals surface area contributed by atoms with Crippen LogP contribution in [-0.2, 0) is 0 Å². The zero-order chi connectivity index (χ0) is 7.40. The molecule has 1 aliphatic heterocycles. The van der Waals surface area contributed by atoms with Crippen LogP contribution in [0.25, 0.3) is 0 Å². The van der Waals surface area contributed by atoms with Gasteiger partial charge in [0.15, 0.2) is 0 Å². The molecule has 0 aromatic heterocycles. The molecule has 0 N–H and O–H groups in total. The first-order valence-electron chi connectivity index (χ1n) is 4.38. The molecule has 1 saturated heterocycles. The summed E-state index contributed by atoms with van der Waals surface area (Å²) in [6, 6.07) is 0.929. The minimum absolute atomic E-state index is 0.929. The molecule has 10 heavy (non-hydrogen) atoms. The van der Waals surface area contributed by atoms with E-state index < -0.39 is 0 Å². The van der Waals surface area contributed by atoms with Gasteiger partial charge >= 0.3 is 0 Å². The smallest absolute Gasteiger partial charge is 0.0130 e. The zero-order valence-corrected chi connectivity index (χ0v) is 8.06. The third kappa shape index (κ3) is 1.93. The van der Waals surface area contributed by atoms with Crippen LogP contribution in [-0.4, -0.2) is 23.4 Å². The maximum absolute atomic E-state index is 2.67. The number of hydrogen-bond donors (Lipinski definition) is 0. The van der Waals surface area contributed by atoms with Gasteiger partial charge < -0.3 is 0 Å². The molecule has 1 nitrogen and oxygen atoms in total. The van der Waals surface area contributed by atoms with Crippen molar-refractivity contribution in [2.24, 2.45) is 0 Å². The van der Waals surface area contributed by atoms with E-state index in [4.69, 9.17) is 0 Å². The molecule has 0 radical (unpaired) electrons. The van der Waals surface area contributed by atoms with E-state index in [1.54, 1.807) is 0 Å². The number of nitrogens with zero attached hydrogens (tertiary/aromatic N) is 1. The van der Waals surface area contributed by atoms with E-state index in [1.165, 1.54) is 32.0 Å². The van der Waals surface area contributed by atoms with Crippen molar-refractivity contribution in [3.63, 3.8) is 0 Å². The van der Waals surface area contributed by atoms with Gasteiger partial charge in [0.05, 0.1) is 0 Å². The summed E-state index contributed by atoms with van der Waals surface area (Å²) in [6.45, 7) is 5.96. The van der Waals surface area contributed by atoms with Crippen LogP contribution < -0.4 is 0 Å². The van der Waals surface area contributed by atoms with E-state index in [1.807, 2.05) is 0 Å². The van der Waals surface area contributed by atoms with Crippen molar-refractivity contribution in [2.45, 2.75) is 39.2 Å². The predicted octanol–water partition coefficient (Wildman–Crippen LogP) is 2.47. The molecule has 2 atom stereocenters. The van der Waals surface area contributed by atoms with Gasteiger partial charge in [-0.05, 0) is 25.4 Å². The highest BCUT2D eigenvalue weighted by Gasteiger charge is 2.21. The topological polar surface area (TPSA) is 3.24 Å². The molecule has 0 amide bonds. The first-order chi connectivity index (χ1) is 4.88. The van der Waals surface area contributed by atoms with Gasteiger partial charge in [-0.3, -0.25) is 4.67 Å². The van der Waals surface area contributed by atoms with E-state index >= 15 is 0 Å². The van der Waals surface area contributed by atoms with Crippen LogP contribution in [0.1, 0.15) is 33.1 Å². The third-order valence-corrected chi connectivity index (χ3v) is 3.52. The Bertz CT molecular complexity index is 95.3. The van der Waals surface area contributed by atoms with Crippen molar-refractivity contribution in [2.75, 3.05) is 12.7 Å². The molecule has 2 unspecified atom stereocenters. The Hall–Kier alpha value is 0.390. The van der Waals surface area contributed by atoms with E-state index in [-0.39, 0.29) is 0 Å². The molecule has 0 aliphatic carbocycles. The van der Waals surface area contributed by atoms with Crippen LogP contribution in [0.5, 0.6) is 0 Å². The Morgan fingerprint density at radius 3 is 2.90 bits per heavy atom. The Balaban J connectivity index is 2.27. The van der Waals surface area contributed by atoms with Gasteiger partial charge in [-0.2, -0.15) is 0 Å². The third-order valence-electron chi connectivity index (χ3n) is 2.21. The van der Waals surface area contributed by atoms with Crippen molar-refractivity contribution in [3.8, 4) is 0 Å². The lowest BCUT2D eigenvalue weighted by Crippen LogP contribution is -2.20. The fourth-order valence-corrected chi connectivity index (χ4v) is 2.96. The molecule has 2 heteroatoms. The van der Waals surface area contributed by atoms with Crippen LogP contribution in [0.15, 0.2) is 0 Å². The molecule has 0 aromatic carbocycles. The summed E-state index contributed by atoms with van der Waals surface area (Å²) in [5.41, 5.74) is 0. The molecule has 0 aromatic rings. The Labute approximate surface area is 66.0 Å². The standard InChI is InChI=1S/C8H18NP/c1-3-8-6-5-7-9(8)10-4-2/h8,10H,3-7H2,1-2H3. The van der Waals surface area contributed by atoms with Gasteiger partial charge in [0.25, 0.3) is 0 Å². The molecule has 0 spiro atoms. The summed E-state index contributed by atoms with van der Waals surface area (Å²) < 4.78 is 2.67. The van der Waals surface area contributed by atoms with Crippen molar-refractivity contribution in [1.82, 2.24) is 4.67 Å². The maximum Gasteiger partial charge on any atom is 0.0130 e. The molecule has 1 heterocycles. The van der Waals surface area contributed by atoms with Gasteiger partial charge in [0.2, 0.25) is 0 Å². The monoisotopic (exact) mass is 159 g/mol. The molecular formula is C8H18NP. The minimum atomic E-state index is 0.929. The molecule has 0 bridgehead atoms. The fraction of sp³-hybridized carbons (Fsp3) is 1.00. The SMILES string of the molecule is CCPN1CCCC1CC. The van der Waals surface area contributed by atoms with Gasteiger partial charge in [0, 0.05) is 12.6 Å². The van der Waals surface area contributed by atoms with E-state index in [0.29, 0.717) is 0 Å². The summed E-state index contributed by atoms with van der Waals surface area (Å²) in [5, 5.41) is 0. The van der Waals surface area contributed by atoms with Gasteiger partial charge in [0.1, 0.15) is 0 Å². The van der Waals surface area contributed by atoms with E-state index in [9.17, 15) is 0 Å². The highest BCUT2D eigenvalue weighted by Crippen LogP contribution is 2.30. The molecule has 1 fully saturated rings. The largest absolute Gasteiger partial charge is 0.282 e. The van der Waals surface area contributed by atoms with Crippen molar-refractivity contribution in [1.29, 1.82) is 0 Å². The average Bonchev–Trinajstić information content (AvgIpc) is 2.36. The lowest BCUT2D eigenvalue weighted by molar-refractivity contribution is 0.418. The number of rotatable bonds is 3. The van der Waals surface area contributed by atoms with Crippen LogP contribution in [0.4, 0.5) is 0 Å². The summed E-state index contributed by atoms with van der Waals surface area (Å²) in [4.78, 5) is 0. The normalized spacial score (nSPS) is 28.8. The zero-order valence-electron chi connectivity index (χ0n) is 7.06. The molecule has 0 saturated carbocycles. The van der Waals surface area contributed by atoms with Crippen molar-refractivity contribution in [3.05, 3.63) is 0 Å². The molecule has 1 aliphatic rings. The van der Waals surface area contributed by atoms with Gasteiger partial charge in [-0.25, -0.2) is 0 Å². The lowest BCUT2D eigenvalue weighted by Gasteiger charge is -2.21. The Kier molecular flexibility index (Phi) is 3.65.